The number of aromatic carboxylic acids is 1. The largest absolute Gasteiger partial charge is 0.478 e. The molecule has 1 heterocycles. The maximum atomic E-state index is 12.1. The summed E-state index contributed by atoms with van der Waals surface area (Å²) in [5.41, 5.74) is 1.84. The summed E-state index contributed by atoms with van der Waals surface area (Å²) < 4.78 is 36.2. The van der Waals surface area contributed by atoms with Crippen LogP contribution in [0.15, 0.2) is 18.2 Å². The molecule has 1 aliphatic rings. The van der Waals surface area contributed by atoms with E-state index in [4.69, 9.17) is 5.11 Å². The van der Waals surface area contributed by atoms with Crippen molar-refractivity contribution in [3.8, 4) is 0 Å². The minimum Gasteiger partial charge on any atom is -0.478 e. The van der Waals surface area contributed by atoms with Gasteiger partial charge in [-0.15, -0.1) is 11.8 Å². The average Bonchev–Trinajstić information content (AvgIpc) is 2.44. The van der Waals surface area contributed by atoms with Crippen molar-refractivity contribution in [3.63, 3.8) is 0 Å². The molecule has 1 aromatic rings. The molecule has 4 nitrogen and oxygen atoms in total. The van der Waals surface area contributed by atoms with Crippen molar-refractivity contribution in [1.82, 2.24) is 4.90 Å². The number of benzene rings is 1. The molecule has 0 aliphatic carbocycles. The van der Waals surface area contributed by atoms with Crippen LogP contribution in [0.5, 0.6) is 0 Å². The number of alkyl halides is 3. The Morgan fingerprint density at radius 3 is 2.64 bits per heavy atom. The minimum absolute atomic E-state index is 0.138. The first-order valence-electron chi connectivity index (χ1n) is 6.53. The first-order valence-corrected chi connectivity index (χ1v) is 7.69. The zero-order valence-corrected chi connectivity index (χ0v) is 12.3. The minimum atomic E-state index is -4.28. The third kappa shape index (κ3) is 4.40. The third-order valence-electron chi connectivity index (χ3n) is 3.31. The van der Waals surface area contributed by atoms with Crippen molar-refractivity contribution >= 4 is 23.6 Å². The number of hydrogen-bond donors (Lipinski definition) is 1. The first kappa shape index (κ1) is 16.7. The highest BCUT2D eigenvalue weighted by Gasteiger charge is 2.28. The zero-order valence-electron chi connectivity index (χ0n) is 11.5. The van der Waals surface area contributed by atoms with Crippen LogP contribution in [-0.4, -0.2) is 46.1 Å². The molecule has 0 unspecified atom stereocenters. The van der Waals surface area contributed by atoms with E-state index < -0.39 is 17.9 Å². The second-order valence-corrected chi connectivity index (χ2v) is 5.95. The van der Waals surface area contributed by atoms with Crippen LogP contribution in [-0.2, 0) is 17.8 Å². The number of carbonyl (C=O) groups is 2. The molecule has 0 fully saturated rings. The van der Waals surface area contributed by atoms with Crippen LogP contribution in [0.3, 0.4) is 0 Å². The van der Waals surface area contributed by atoms with Gasteiger partial charge in [-0.25, -0.2) is 4.79 Å². The van der Waals surface area contributed by atoms with Gasteiger partial charge in [0.05, 0.1) is 17.1 Å². The van der Waals surface area contributed by atoms with Gasteiger partial charge in [0.2, 0.25) is 5.91 Å². The van der Waals surface area contributed by atoms with Crippen LogP contribution in [0.4, 0.5) is 13.2 Å². The number of halogens is 3. The summed E-state index contributed by atoms with van der Waals surface area (Å²) >= 11 is 0.541. The molecule has 22 heavy (non-hydrogen) atoms. The molecular weight excluding hydrogens is 319 g/mol. The van der Waals surface area contributed by atoms with E-state index in [9.17, 15) is 22.8 Å². The molecule has 8 heteroatoms. The smallest absolute Gasteiger partial charge is 0.397 e. The molecule has 0 aromatic heterocycles. The molecule has 0 atom stereocenters. The Hall–Kier alpha value is -1.70. The average molecular weight is 333 g/mol. The Morgan fingerprint density at radius 2 is 2.00 bits per heavy atom. The van der Waals surface area contributed by atoms with Crippen LogP contribution in [0.1, 0.15) is 21.5 Å². The normalized spacial score (nSPS) is 14.6. The van der Waals surface area contributed by atoms with Crippen LogP contribution < -0.4 is 0 Å². The van der Waals surface area contributed by atoms with Crippen molar-refractivity contribution in [1.29, 1.82) is 0 Å². The van der Waals surface area contributed by atoms with Gasteiger partial charge in [0.1, 0.15) is 0 Å². The lowest BCUT2D eigenvalue weighted by molar-refractivity contribution is -0.129. The van der Waals surface area contributed by atoms with Gasteiger partial charge in [-0.1, -0.05) is 6.07 Å². The summed E-state index contributed by atoms with van der Waals surface area (Å²) in [6.45, 7) is 0.673. The van der Waals surface area contributed by atoms with E-state index in [0.29, 0.717) is 24.7 Å². The Kier molecular flexibility index (Phi) is 5.00. The topological polar surface area (TPSA) is 57.6 Å². The Balaban J connectivity index is 1.97. The van der Waals surface area contributed by atoms with Gasteiger partial charge < -0.3 is 10.0 Å². The predicted molar refractivity (Wildman–Crippen MR) is 75.9 cm³/mol. The Bertz CT molecular complexity index is 589. The number of carboxylic acid groups (broad SMARTS) is 1. The predicted octanol–water partition coefficient (Wildman–Crippen LogP) is 2.57. The lowest BCUT2D eigenvalue weighted by Gasteiger charge is -2.29. The van der Waals surface area contributed by atoms with E-state index in [2.05, 4.69) is 0 Å². The number of nitrogens with zero attached hydrogens (tertiary/aromatic N) is 1. The maximum absolute atomic E-state index is 12.1. The standard InChI is InChI=1S/C14H14F3NO3S/c15-14(16,17)8-22-7-12(19)18-4-3-9-1-2-10(13(20)21)5-11(9)6-18/h1-2,5H,3-4,6-8H2,(H,20,21). The van der Waals surface area contributed by atoms with Gasteiger partial charge in [-0.05, 0) is 29.7 Å². The molecule has 1 N–H and O–H groups in total. The number of rotatable bonds is 4. The highest BCUT2D eigenvalue weighted by Crippen LogP contribution is 2.23. The zero-order chi connectivity index (χ0) is 16.3. The number of carbonyl (C=O) groups excluding carboxylic acids is 1. The van der Waals surface area contributed by atoms with Gasteiger partial charge in [0.15, 0.2) is 0 Å². The fourth-order valence-corrected chi connectivity index (χ4v) is 2.94. The van der Waals surface area contributed by atoms with Gasteiger partial charge in [-0.3, -0.25) is 4.79 Å². The van der Waals surface area contributed by atoms with Gasteiger partial charge in [-0.2, -0.15) is 13.2 Å². The van der Waals surface area contributed by atoms with E-state index in [0.717, 1.165) is 11.1 Å². The monoisotopic (exact) mass is 333 g/mol. The molecule has 1 aromatic carbocycles. The molecule has 0 bridgehead atoms. The quantitative estimate of drug-likeness (QED) is 0.920. The molecule has 2 rings (SSSR count). The summed E-state index contributed by atoms with van der Waals surface area (Å²) in [5, 5.41) is 8.96. The number of thioether (sulfide) groups is 1. The number of hydrogen-bond acceptors (Lipinski definition) is 3. The highest BCUT2D eigenvalue weighted by atomic mass is 32.2. The Morgan fingerprint density at radius 1 is 1.27 bits per heavy atom. The maximum Gasteiger partial charge on any atom is 0.397 e. The van der Waals surface area contributed by atoms with Crippen LogP contribution in [0.2, 0.25) is 0 Å². The van der Waals surface area contributed by atoms with Crippen molar-refractivity contribution in [2.24, 2.45) is 0 Å². The molecule has 1 aliphatic heterocycles. The second-order valence-electron chi connectivity index (χ2n) is 4.96. The van der Waals surface area contributed by atoms with Crippen molar-refractivity contribution in [2.75, 3.05) is 18.1 Å². The highest BCUT2D eigenvalue weighted by molar-refractivity contribution is 8.00. The molecule has 0 saturated heterocycles. The van der Waals surface area contributed by atoms with Gasteiger partial charge in [0, 0.05) is 13.1 Å². The van der Waals surface area contributed by atoms with Gasteiger partial charge in [0.25, 0.3) is 0 Å². The second kappa shape index (κ2) is 6.60. The molecule has 0 saturated carbocycles. The molecule has 0 radical (unpaired) electrons. The summed E-state index contributed by atoms with van der Waals surface area (Å²) in [4.78, 5) is 24.4. The van der Waals surface area contributed by atoms with E-state index in [1.807, 2.05) is 0 Å². The van der Waals surface area contributed by atoms with E-state index in [1.165, 1.54) is 17.0 Å². The van der Waals surface area contributed by atoms with Crippen LogP contribution in [0, 0.1) is 0 Å². The number of amides is 1. The first-order chi connectivity index (χ1) is 10.3. The molecule has 1 amide bonds. The fourth-order valence-electron chi connectivity index (χ4n) is 2.25. The summed E-state index contributed by atoms with van der Waals surface area (Å²) in [5.74, 6) is -2.69. The number of carboxylic acids is 1. The lowest BCUT2D eigenvalue weighted by Crippen LogP contribution is -2.37. The summed E-state index contributed by atoms with van der Waals surface area (Å²) in [6, 6.07) is 4.75. The van der Waals surface area contributed by atoms with Crippen LogP contribution >= 0.6 is 11.8 Å². The van der Waals surface area contributed by atoms with Gasteiger partial charge >= 0.3 is 12.1 Å². The summed E-state index contributed by atoms with van der Waals surface area (Å²) in [7, 11) is 0. The molecule has 120 valence electrons. The third-order valence-corrected chi connectivity index (χ3v) is 4.29. The summed E-state index contributed by atoms with van der Waals surface area (Å²) in [6.07, 6.45) is -3.71. The van der Waals surface area contributed by atoms with E-state index in [1.54, 1.807) is 6.07 Å². The number of fused-ring (bicyclic) bond motifs is 1. The van der Waals surface area contributed by atoms with Crippen molar-refractivity contribution in [2.45, 2.75) is 19.1 Å². The SMILES string of the molecule is O=C(O)c1ccc2c(c1)CN(C(=O)CSCC(F)(F)F)CC2. The van der Waals surface area contributed by atoms with Crippen molar-refractivity contribution in [3.05, 3.63) is 34.9 Å². The molecular formula is C14H14F3NO3S. The van der Waals surface area contributed by atoms with Crippen molar-refractivity contribution < 1.29 is 27.9 Å². The van der Waals surface area contributed by atoms with E-state index in [-0.39, 0.29) is 23.8 Å². The fraction of sp³-hybridized carbons (Fsp3) is 0.429. The molecule has 0 spiro atoms. The van der Waals surface area contributed by atoms with Crippen LogP contribution in [0.25, 0.3) is 0 Å². The van der Waals surface area contributed by atoms with E-state index >= 15 is 0 Å². The lowest BCUT2D eigenvalue weighted by atomic mass is 9.97. The Labute approximate surface area is 129 Å².